The number of allylic oxidation sites excluding steroid dienone is 2. The summed E-state index contributed by atoms with van der Waals surface area (Å²) in [6.07, 6.45) is 5.61. The molecule has 1 aliphatic rings. The molecule has 6 nitrogen and oxygen atoms in total. The zero-order valence-electron chi connectivity index (χ0n) is 14.6. The maximum absolute atomic E-state index is 12.4. The Bertz CT molecular complexity index is 526. The molecule has 6 heteroatoms. The van der Waals surface area contributed by atoms with Gasteiger partial charge in [0.15, 0.2) is 6.04 Å². The lowest BCUT2D eigenvalue weighted by Gasteiger charge is -2.41. The van der Waals surface area contributed by atoms with Crippen LogP contribution in [-0.4, -0.2) is 41.0 Å². The Hall–Kier alpha value is -2.08. The van der Waals surface area contributed by atoms with Gasteiger partial charge in [0, 0.05) is 0 Å². The van der Waals surface area contributed by atoms with Crippen molar-refractivity contribution in [3.8, 4) is 0 Å². The molecule has 2 N–H and O–H groups in total. The first-order valence-corrected chi connectivity index (χ1v) is 7.94. The molecule has 0 radical (unpaired) electrons. The quantitative estimate of drug-likeness (QED) is 0.551. The molecule has 0 bridgehead atoms. The molecule has 1 aliphatic carbocycles. The summed E-state index contributed by atoms with van der Waals surface area (Å²) in [7, 11) is 0. The van der Waals surface area contributed by atoms with Gasteiger partial charge in [0.25, 0.3) is 0 Å². The zero-order valence-corrected chi connectivity index (χ0v) is 14.6. The number of alkyl carbamates (subject to hydrolysis) is 1. The van der Waals surface area contributed by atoms with Crippen LogP contribution in [0.25, 0.3) is 0 Å². The van der Waals surface area contributed by atoms with Crippen molar-refractivity contribution in [1.29, 1.82) is 0 Å². The molecule has 134 valence electrons. The van der Waals surface area contributed by atoms with E-state index in [2.05, 4.69) is 18.5 Å². The van der Waals surface area contributed by atoms with E-state index in [1.807, 2.05) is 0 Å². The number of amides is 1. The average Bonchev–Trinajstić information content (AvgIpc) is 2.44. The second-order valence-corrected chi connectivity index (χ2v) is 6.83. The fourth-order valence-electron chi connectivity index (χ4n) is 2.23. The average molecular weight is 337 g/mol. The van der Waals surface area contributed by atoms with Gasteiger partial charge in [-0.15, -0.1) is 0 Å². The molecule has 1 saturated carbocycles. The van der Waals surface area contributed by atoms with Crippen molar-refractivity contribution in [2.45, 2.75) is 57.3 Å². The molecular formula is C18H27NO5. The summed E-state index contributed by atoms with van der Waals surface area (Å²) in [5.74, 6) is -0.708. The summed E-state index contributed by atoms with van der Waals surface area (Å²) in [6, 6.07) is -1.17. The van der Waals surface area contributed by atoms with Crippen molar-refractivity contribution in [1.82, 2.24) is 5.32 Å². The number of rotatable bonds is 7. The Morgan fingerprint density at radius 3 is 2.38 bits per heavy atom. The summed E-state index contributed by atoms with van der Waals surface area (Å²) < 4.78 is 10.4. The van der Waals surface area contributed by atoms with Crippen LogP contribution in [0, 0.1) is 0 Å². The van der Waals surface area contributed by atoms with E-state index in [1.165, 1.54) is 0 Å². The minimum absolute atomic E-state index is 0.0169. The van der Waals surface area contributed by atoms with Gasteiger partial charge in [0.1, 0.15) is 12.2 Å². The highest BCUT2D eigenvalue weighted by molar-refractivity contribution is 5.83. The van der Waals surface area contributed by atoms with Gasteiger partial charge >= 0.3 is 12.1 Å². The SMILES string of the molecule is C=C/C=C(\C=C)COC(=O)C(NC(=O)OC(C)(C)C)C1(O)CCC1. The highest BCUT2D eigenvalue weighted by atomic mass is 16.6. The van der Waals surface area contributed by atoms with Gasteiger partial charge < -0.3 is 19.9 Å². The summed E-state index contributed by atoms with van der Waals surface area (Å²) in [6.45, 7) is 12.3. The Morgan fingerprint density at radius 1 is 1.33 bits per heavy atom. The Kier molecular flexibility index (Phi) is 6.78. The van der Waals surface area contributed by atoms with Crippen molar-refractivity contribution in [2.24, 2.45) is 0 Å². The van der Waals surface area contributed by atoms with Crippen LogP contribution in [0.4, 0.5) is 4.79 Å². The molecule has 0 spiro atoms. The van der Waals surface area contributed by atoms with E-state index >= 15 is 0 Å². The second kappa shape index (κ2) is 8.15. The fraction of sp³-hybridized carbons (Fsp3) is 0.556. The topological polar surface area (TPSA) is 84.9 Å². The van der Waals surface area contributed by atoms with Gasteiger partial charge in [-0.1, -0.05) is 31.4 Å². The molecule has 0 saturated heterocycles. The van der Waals surface area contributed by atoms with Gasteiger partial charge in [-0.3, -0.25) is 0 Å². The third kappa shape index (κ3) is 5.85. The van der Waals surface area contributed by atoms with Crippen LogP contribution in [0.1, 0.15) is 40.0 Å². The number of hydrogen-bond donors (Lipinski definition) is 2. The van der Waals surface area contributed by atoms with Crippen LogP contribution in [0.15, 0.2) is 37.0 Å². The van der Waals surface area contributed by atoms with Crippen LogP contribution in [-0.2, 0) is 14.3 Å². The lowest BCUT2D eigenvalue weighted by atomic mass is 9.74. The maximum Gasteiger partial charge on any atom is 0.408 e. The standard InChI is InChI=1S/C18H27NO5/c1-6-9-13(7-2)12-23-15(20)14(18(22)10-8-11-18)19-16(21)24-17(3,4)5/h6-7,9,14,22H,1-2,8,10-12H2,3-5H3,(H,19,21)/b13-9+. The van der Waals surface area contributed by atoms with Gasteiger partial charge in [-0.25, -0.2) is 9.59 Å². The van der Waals surface area contributed by atoms with E-state index in [0.717, 1.165) is 6.42 Å². The van der Waals surface area contributed by atoms with Gasteiger partial charge in [0.2, 0.25) is 0 Å². The van der Waals surface area contributed by atoms with E-state index in [1.54, 1.807) is 39.0 Å². The van der Waals surface area contributed by atoms with Crippen LogP contribution in [0.3, 0.4) is 0 Å². The third-order valence-electron chi connectivity index (χ3n) is 3.63. The van der Waals surface area contributed by atoms with E-state index in [0.29, 0.717) is 18.4 Å². The number of nitrogens with one attached hydrogen (secondary N) is 1. The second-order valence-electron chi connectivity index (χ2n) is 6.83. The van der Waals surface area contributed by atoms with E-state index in [-0.39, 0.29) is 6.61 Å². The van der Waals surface area contributed by atoms with E-state index in [4.69, 9.17) is 9.47 Å². The van der Waals surface area contributed by atoms with Crippen LogP contribution < -0.4 is 5.32 Å². The molecule has 1 amide bonds. The summed E-state index contributed by atoms with van der Waals surface area (Å²) >= 11 is 0. The van der Waals surface area contributed by atoms with Crippen molar-refractivity contribution in [3.05, 3.63) is 37.0 Å². The molecule has 1 rings (SSSR count). The van der Waals surface area contributed by atoms with E-state index < -0.39 is 29.3 Å². The molecule has 0 aliphatic heterocycles. The number of aliphatic hydroxyl groups is 1. The minimum Gasteiger partial charge on any atom is -0.459 e. The molecule has 0 aromatic carbocycles. The highest BCUT2D eigenvalue weighted by Gasteiger charge is 2.48. The fourth-order valence-corrected chi connectivity index (χ4v) is 2.23. The Morgan fingerprint density at radius 2 is 1.96 bits per heavy atom. The summed E-state index contributed by atoms with van der Waals surface area (Å²) in [4.78, 5) is 24.3. The van der Waals surface area contributed by atoms with Crippen molar-refractivity contribution in [2.75, 3.05) is 6.61 Å². The lowest BCUT2D eigenvalue weighted by molar-refractivity contribution is -0.158. The van der Waals surface area contributed by atoms with Crippen LogP contribution >= 0.6 is 0 Å². The third-order valence-corrected chi connectivity index (χ3v) is 3.63. The lowest BCUT2D eigenvalue weighted by Crippen LogP contribution is -2.61. The molecule has 0 aromatic heterocycles. The Labute approximate surface area is 143 Å². The molecule has 1 atom stereocenters. The monoisotopic (exact) mass is 337 g/mol. The van der Waals surface area contributed by atoms with E-state index in [9.17, 15) is 14.7 Å². The molecule has 24 heavy (non-hydrogen) atoms. The van der Waals surface area contributed by atoms with Crippen molar-refractivity contribution >= 4 is 12.1 Å². The maximum atomic E-state index is 12.4. The smallest absolute Gasteiger partial charge is 0.408 e. The minimum atomic E-state index is -1.30. The molecule has 1 fully saturated rings. The first kappa shape index (κ1) is 20.0. The van der Waals surface area contributed by atoms with Crippen molar-refractivity contribution < 1.29 is 24.2 Å². The number of ether oxygens (including phenoxy) is 2. The number of carbonyl (C=O) groups is 2. The summed E-state index contributed by atoms with van der Waals surface area (Å²) in [5.41, 5.74) is -1.34. The predicted octanol–water partition coefficient (Wildman–Crippen LogP) is 2.64. The van der Waals surface area contributed by atoms with Crippen LogP contribution in [0.5, 0.6) is 0 Å². The molecule has 1 unspecified atom stereocenters. The van der Waals surface area contributed by atoms with Gasteiger partial charge in [-0.05, 0) is 45.6 Å². The number of hydrogen-bond acceptors (Lipinski definition) is 5. The van der Waals surface area contributed by atoms with Crippen molar-refractivity contribution in [3.63, 3.8) is 0 Å². The molecular weight excluding hydrogens is 310 g/mol. The largest absolute Gasteiger partial charge is 0.459 e. The van der Waals surface area contributed by atoms with Gasteiger partial charge in [0.05, 0.1) is 5.60 Å². The summed E-state index contributed by atoms with van der Waals surface area (Å²) in [5, 5.41) is 12.9. The number of carbonyl (C=O) groups excluding carboxylic acids is 2. The van der Waals surface area contributed by atoms with Crippen LogP contribution in [0.2, 0.25) is 0 Å². The Balaban J connectivity index is 2.77. The normalized spacial score (nSPS) is 17.9. The number of esters is 1. The van der Waals surface area contributed by atoms with Gasteiger partial charge in [-0.2, -0.15) is 0 Å². The molecule has 0 heterocycles. The first-order chi connectivity index (χ1) is 11.1. The zero-order chi connectivity index (χ0) is 18.4. The first-order valence-electron chi connectivity index (χ1n) is 7.94. The molecule has 0 aromatic rings. The predicted molar refractivity (Wildman–Crippen MR) is 91.4 cm³/mol. The highest BCUT2D eigenvalue weighted by Crippen LogP contribution is 2.35.